The van der Waals surface area contributed by atoms with Gasteiger partial charge < -0.3 is 9.67 Å². The van der Waals surface area contributed by atoms with Crippen LogP contribution in [0.3, 0.4) is 0 Å². The average Bonchev–Trinajstić information content (AvgIpc) is 3.27. The van der Waals surface area contributed by atoms with Crippen LogP contribution in [0.4, 0.5) is 4.39 Å². The molecule has 0 saturated heterocycles. The Balaban J connectivity index is 2.09. The van der Waals surface area contributed by atoms with Gasteiger partial charge in [0.25, 0.3) is 5.56 Å². The number of fused-ring (bicyclic) bond motifs is 1. The van der Waals surface area contributed by atoms with E-state index in [4.69, 9.17) is 0 Å². The minimum absolute atomic E-state index is 0.218. The Morgan fingerprint density at radius 2 is 2.00 bits per heavy atom. The largest absolute Gasteiger partial charge is 0.392 e. The summed E-state index contributed by atoms with van der Waals surface area (Å²) in [7, 11) is 1.62. The van der Waals surface area contributed by atoms with Gasteiger partial charge in [0.2, 0.25) is 0 Å². The molecule has 4 rings (SSSR count). The van der Waals surface area contributed by atoms with Gasteiger partial charge in [-0.1, -0.05) is 19.9 Å². The summed E-state index contributed by atoms with van der Waals surface area (Å²) in [6.07, 6.45) is 2.59. The highest BCUT2D eigenvalue weighted by atomic mass is 19.1. The number of aryl methyl sites for hydroxylation is 3. The zero-order valence-electron chi connectivity index (χ0n) is 19.0. The molecular weight excluding hydrogens is 409 g/mol. The van der Waals surface area contributed by atoms with Gasteiger partial charge in [-0.3, -0.25) is 9.89 Å². The van der Waals surface area contributed by atoms with Crippen LogP contribution >= 0.6 is 0 Å². The minimum Gasteiger partial charge on any atom is -0.392 e. The van der Waals surface area contributed by atoms with Crippen LogP contribution in [0.2, 0.25) is 0 Å². The Kier molecular flexibility index (Phi) is 5.73. The zero-order valence-corrected chi connectivity index (χ0v) is 19.0. The van der Waals surface area contributed by atoms with E-state index in [1.807, 2.05) is 24.6 Å². The molecule has 3 heterocycles. The van der Waals surface area contributed by atoms with Gasteiger partial charge in [0, 0.05) is 35.5 Å². The summed E-state index contributed by atoms with van der Waals surface area (Å²) in [6, 6.07) is 4.49. The molecule has 0 atom stereocenters. The van der Waals surface area contributed by atoms with Crippen molar-refractivity contribution in [2.45, 2.75) is 47.3 Å². The van der Waals surface area contributed by atoms with Crippen molar-refractivity contribution < 1.29 is 9.50 Å². The molecular formula is C24H28FN5O2. The summed E-state index contributed by atoms with van der Waals surface area (Å²) in [5.41, 5.74) is 4.62. The van der Waals surface area contributed by atoms with Gasteiger partial charge in [0.15, 0.2) is 0 Å². The quantitative estimate of drug-likeness (QED) is 0.482. The molecule has 0 bridgehead atoms. The predicted molar refractivity (Wildman–Crippen MR) is 122 cm³/mol. The molecule has 0 unspecified atom stereocenters. The molecule has 0 saturated carbocycles. The minimum atomic E-state index is -0.451. The molecule has 0 fully saturated rings. The van der Waals surface area contributed by atoms with Gasteiger partial charge in [-0.05, 0) is 43.9 Å². The van der Waals surface area contributed by atoms with Crippen LogP contribution < -0.4 is 5.56 Å². The van der Waals surface area contributed by atoms with Gasteiger partial charge in [-0.15, -0.1) is 0 Å². The monoisotopic (exact) mass is 437 g/mol. The number of H-pyrrole nitrogens is 1. The number of rotatable bonds is 6. The molecule has 2 N–H and O–H groups in total. The third kappa shape index (κ3) is 3.75. The zero-order chi connectivity index (χ0) is 23.2. The second-order valence-electron chi connectivity index (χ2n) is 8.75. The fourth-order valence-corrected chi connectivity index (χ4v) is 4.21. The Morgan fingerprint density at radius 1 is 1.25 bits per heavy atom. The Bertz CT molecular complexity index is 1340. The third-order valence-electron chi connectivity index (χ3n) is 5.85. The molecule has 0 spiro atoms. The van der Waals surface area contributed by atoms with E-state index in [1.54, 1.807) is 19.2 Å². The maximum absolute atomic E-state index is 15.1. The molecule has 8 heteroatoms. The maximum atomic E-state index is 15.1. The molecule has 3 aromatic heterocycles. The van der Waals surface area contributed by atoms with Gasteiger partial charge >= 0.3 is 0 Å². The summed E-state index contributed by atoms with van der Waals surface area (Å²) in [5.74, 6) is -0.115. The Labute approximate surface area is 185 Å². The van der Waals surface area contributed by atoms with Gasteiger partial charge in [0.1, 0.15) is 5.82 Å². The highest BCUT2D eigenvalue weighted by molar-refractivity contribution is 5.97. The smallest absolute Gasteiger partial charge is 0.276 e. The van der Waals surface area contributed by atoms with Crippen molar-refractivity contribution in [3.8, 4) is 11.3 Å². The number of aromatic nitrogens is 5. The average molecular weight is 438 g/mol. The van der Waals surface area contributed by atoms with Crippen LogP contribution in [0.15, 0.2) is 29.2 Å². The Morgan fingerprint density at radius 3 is 2.62 bits per heavy atom. The van der Waals surface area contributed by atoms with Crippen molar-refractivity contribution in [1.82, 2.24) is 24.5 Å². The first-order chi connectivity index (χ1) is 15.2. The first-order valence-corrected chi connectivity index (χ1v) is 10.7. The van der Waals surface area contributed by atoms with Gasteiger partial charge in [0.05, 0.1) is 35.6 Å². The van der Waals surface area contributed by atoms with Crippen molar-refractivity contribution in [3.63, 3.8) is 0 Å². The normalized spacial score (nSPS) is 11.8. The predicted octanol–water partition coefficient (Wildman–Crippen LogP) is 3.62. The van der Waals surface area contributed by atoms with Crippen molar-refractivity contribution in [2.75, 3.05) is 0 Å². The first kappa shape index (κ1) is 22.0. The SMILES string of the molecule is Cc1n[nH]c(C)c1Cn1cc2c(CC(C)C)nn(C)c(=O)c2c1-c1cc(CO)ccc1F. The summed E-state index contributed by atoms with van der Waals surface area (Å²) in [6.45, 7) is 8.25. The molecule has 32 heavy (non-hydrogen) atoms. The summed E-state index contributed by atoms with van der Waals surface area (Å²) < 4.78 is 18.4. The van der Waals surface area contributed by atoms with Crippen LogP contribution in [0, 0.1) is 25.6 Å². The molecule has 0 radical (unpaired) electrons. The number of benzene rings is 1. The second kappa shape index (κ2) is 8.35. The number of aromatic amines is 1. The van der Waals surface area contributed by atoms with Crippen molar-refractivity contribution >= 4 is 10.8 Å². The van der Waals surface area contributed by atoms with Gasteiger partial charge in [-0.2, -0.15) is 10.2 Å². The van der Waals surface area contributed by atoms with E-state index in [9.17, 15) is 9.90 Å². The number of aliphatic hydroxyl groups excluding tert-OH is 1. The van der Waals surface area contributed by atoms with E-state index in [1.165, 1.54) is 10.7 Å². The molecule has 1 aromatic carbocycles. The lowest BCUT2D eigenvalue weighted by Gasteiger charge is -2.12. The number of aliphatic hydroxyl groups is 1. The standard InChI is InChI=1S/C24H28FN5O2/c1-13(2)8-21-19-11-30(10-18-14(3)26-27-15(18)4)23(22(19)24(32)29(5)28-21)17-9-16(12-31)6-7-20(17)25/h6-7,9,11,13,31H,8,10,12H2,1-5H3,(H,26,27). The summed E-state index contributed by atoms with van der Waals surface area (Å²) in [5, 5.41) is 22.6. The molecule has 7 nitrogen and oxygen atoms in total. The highest BCUT2D eigenvalue weighted by Crippen LogP contribution is 2.34. The maximum Gasteiger partial charge on any atom is 0.276 e. The fourth-order valence-electron chi connectivity index (χ4n) is 4.21. The van der Waals surface area contributed by atoms with Crippen LogP contribution in [0.25, 0.3) is 22.0 Å². The number of nitrogens with zero attached hydrogens (tertiary/aromatic N) is 4. The fraction of sp³-hybridized carbons (Fsp3) is 0.375. The number of nitrogens with one attached hydrogen (secondary N) is 1. The lowest BCUT2D eigenvalue weighted by Crippen LogP contribution is -2.22. The first-order valence-electron chi connectivity index (χ1n) is 10.7. The molecule has 0 aliphatic rings. The van der Waals surface area contributed by atoms with E-state index >= 15 is 4.39 Å². The number of hydrogen-bond donors (Lipinski definition) is 2. The Hall–Kier alpha value is -3.26. The summed E-state index contributed by atoms with van der Waals surface area (Å²) >= 11 is 0. The molecule has 168 valence electrons. The molecule has 4 aromatic rings. The van der Waals surface area contributed by atoms with E-state index in [2.05, 4.69) is 29.1 Å². The second-order valence-corrected chi connectivity index (χ2v) is 8.75. The van der Waals surface area contributed by atoms with Crippen LogP contribution in [-0.2, 0) is 26.6 Å². The number of hydrogen-bond acceptors (Lipinski definition) is 4. The summed E-state index contributed by atoms with van der Waals surface area (Å²) in [4.78, 5) is 13.3. The van der Waals surface area contributed by atoms with E-state index in [-0.39, 0.29) is 17.7 Å². The van der Waals surface area contributed by atoms with Crippen molar-refractivity contribution in [3.05, 3.63) is 68.8 Å². The van der Waals surface area contributed by atoms with Crippen LogP contribution in [0.5, 0.6) is 0 Å². The lowest BCUT2D eigenvalue weighted by atomic mass is 10.0. The van der Waals surface area contributed by atoms with Crippen LogP contribution in [0.1, 0.15) is 42.1 Å². The molecule has 0 aliphatic heterocycles. The molecule has 0 aliphatic carbocycles. The molecule has 0 amide bonds. The van der Waals surface area contributed by atoms with Crippen molar-refractivity contribution in [1.29, 1.82) is 0 Å². The van der Waals surface area contributed by atoms with Gasteiger partial charge in [-0.25, -0.2) is 9.07 Å². The van der Waals surface area contributed by atoms with Crippen molar-refractivity contribution in [2.24, 2.45) is 13.0 Å². The lowest BCUT2D eigenvalue weighted by molar-refractivity contribution is 0.282. The topological polar surface area (TPSA) is 88.7 Å². The van der Waals surface area contributed by atoms with E-state index in [0.29, 0.717) is 35.5 Å². The van der Waals surface area contributed by atoms with E-state index in [0.717, 1.165) is 28.0 Å². The third-order valence-corrected chi connectivity index (χ3v) is 5.85. The van der Waals surface area contributed by atoms with Crippen LogP contribution in [-0.4, -0.2) is 29.7 Å². The number of halogens is 1. The van der Waals surface area contributed by atoms with E-state index < -0.39 is 5.82 Å². The highest BCUT2D eigenvalue weighted by Gasteiger charge is 2.23.